The smallest absolute Gasteiger partial charge is 0.252 e. The summed E-state index contributed by atoms with van der Waals surface area (Å²) < 4.78 is 5.40. The Labute approximate surface area is 209 Å². The number of benzene rings is 1. The second kappa shape index (κ2) is 13.6. The highest BCUT2D eigenvalue weighted by Gasteiger charge is 2.35. The highest BCUT2D eigenvalue weighted by Crippen LogP contribution is 2.19. The molecule has 0 saturated carbocycles. The van der Waals surface area contributed by atoms with E-state index in [-0.39, 0.29) is 36.0 Å². The number of hydrogen-bond donors (Lipinski definition) is 4. The Hall–Kier alpha value is -2.45. The minimum atomic E-state index is -0.716. The first-order chi connectivity index (χ1) is 16.9. The van der Waals surface area contributed by atoms with Crippen molar-refractivity contribution in [3.05, 3.63) is 29.8 Å². The first-order valence-corrected chi connectivity index (χ1v) is 13.1. The lowest BCUT2D eigenvalue weighted by Gasteiger charge is -2.32. The molecule has 0 aromatic heterocycles. The molecule has 2 fully saturated rings. The van der Waals surface area contributed by atoms with Crippen LogP contribution in [0.2, 0.25) is 0 Å². The zero-order valence-corrected chi connectivity index (χ0v) is 21.4. The van der Waals surface area contributed by atoms with Gasteiger partial charge < -0.3 is 26.0 Å². The van der Waals surface area contributed by atoms with Crippen LogP contribution in [0, 0.1) is 17.8 Å². The summed E-state index contributed by atoms with van der Waals surface area (Å²) in [6.45, 7) is 9.53. The van der Waals surface area contributed by atoms with Crippen molar-refractivity contribution in [3.63, 3.8) is 0 Å². The van der Waals surface area contributed by atoms with Gasteiger partial charge in [-0.1, -0.05) is 33.3 Å². The van der Waals surface area contributed by atoms with Gasteiger partial charge in [-0.3, -0.25) is 14.4 Å². The maximum Gasteiger partial charge on any atom is 0.252 e. The first-order valence-electron chi connectivity index (χ1n) is 13.1. The number of amides is 2. The van der Waals surface area contributed by atoms with Crippen molar-refractivity contribution in [1.82, 2.24) is 16.0 Å². The van der Waals surface area contributed by atoms with Crippen molar-refractivity contribution in [3.8, 4) is 0 Å². The van der Waals surface area contributed by atoms with E-state index in [2.05, 4.69) is 28.2 Å². The summed E-state index contributed by atoms with van der Waals surface area (Å²) in [5.74, 6) is 0.0694. The first kappa shape index (κ1) is 27.1. The molecule has 194 valence electrons. The van der Waals surface area contributed by atoms with Crippen molar-refractivity contribution in [2.75, 3.05) is 38.2 Å². The van der Waals surface area contributed by atoms with Gasteiger partial charge in [-0.2, -0.15) is 0 Å². The quantitative estimate of drug-likeness (QED) is 0.383. The average Bonchev–Trinajstić information content (AvgIpc) is 2.85. The van der Waals surface area contributed by atoms with Crippen LogP contribution in [0.15, 0.2) is 24.3 Å². The zero-order valence-electron chi connectivity index (χ0n) is 21.4. The number of Topliss-reactive ketones (excluding diaryl/α,β-unsaturated/α-hetero) is 1. The standard InChI is InChI=1S/C27H42N4O4/c1-4-6-21-16-35-17-24(32)25(21)31-27(34)23(13-18(2)3)30-26(33)20-7-5-8-22(14-20)29-15-19-9-11-28-12-10-19/h5,7-8,14,18-19,21,23,25,28-29H,4,6,9-13,15-17H2,1-3H3,(H,30,33)(H,31,34)/t21?,23-,25?/m0/s1. The van der Waals surface area contributed by atoms with Crippen molar-refractivity contribution < 1.29 is 19.1 Å². The molecule has 8 nitrogen and oxygen atoms in total. The predicted molar refractivity (Wildman–Crippen MR) is 137 cm³/mol. The van der Waals surface area contributed by atoms with E-state index in [4.69, 9.17) is 4.74 Å². The molecular formula is C27H42N4O4. The summed E-state index contributed by atoms with van der Waals surface area (Å²) >= 11 is 0. The van der Waals surface area contributed by atoms with E-state index in [0.29, 0.717) is 24.5 Å². The predicted octanol–water partition coefficient (Wildman–Crippen LogP) is 2.74. The van der Waals surface area contributed by atoms with Crippen LogP contribution in [0.4, 0.5) is 5.69 Å². The Balaban J connectivity index is 1.63. The van der Waals surface area contributed by atoms with Crippen LogP contribution in [-0.2, 0) is 14.3 Å². The van der Waals surface area contributed by atoms with E-state index in [1.807, 2.05) is 32.0 Å². The molecule has 2 saturated heterocycles. The topological polar surface area (TPSA) is 109 Å². The van der Waals surface area contributed by atoms with E-state index in [0.717, 1.165) is 51.0 Å². The molecule has 0 radical (unpaired) electrons. The lowest BCUT2D eigenvalue weighted by atomic mass is 9.90. The van der Waals surface area contributed by atoms with Gasteiger partial charge >= 0.3 is 0 Å². The lowest BCUT2D eigenvalue weighted by molar-refractivity contribution is -0.138. The number of carbonyl (C=O) groups excluding carboxylic acids is 3. The van der Waals surface area contributed by atoms with E-state index in [1.54, 1.807) is 6.07 Å². The molecule has 2 aliphatic rings. The van der Waals surface area contributed by atoms with Crippen molar-refractivity contribution in [2.24, 2.45) is 17.8 Å². The van der Waals surface area contributed by atoms with Gasteiger partial charge in [0.05, 0.1) is 12.6 Å². The summed E-state index contributed by atoms with van der Waals surface area (Å²) in [6.07, 6.45) is 4.49. The number of rotatable bonds is 11. The minimum absolute atomic E-state index is 0.0174. The monoisotopic (exact) mass is 486 g/mol. The molecule has 1 aromatic carbocycles. The number of anilines is 1. The summed E-state index contributed by atoms with van der Waals surface area (Å²) in [6, 6.07) is 6.12. The SMILES string of the molecule is CCCC1COCC(=O)C1NC(=O)[C@H](CC(C)C)NC(=O)c1cccc(NCC2CCNCC2)c1. The fraction of sp³-hybridized carbons (Fsp3) is 0.667. The Morgan fingerprint density at radius 1 is 1.20 bits per heavy atom. The third-order valence-electron chi connectivity index (χ3n) is 6.86. The molecular weight excluding hydrogens is 444 g/mol. The van der Waals surface area contributed by atoms with Gasteiger partial charge in [-0.05, 0) is 68.8 Å². The van der Waals surface area contributed by atoms with E-state index in [1.165, 1.54) is 0 Å². The third-order valence-corrected chi connectivity index (χ3v) is 6.86. The van der Waals surface area contributed by atoms with Crippen LogP contribution < -0.4 is 21.3 Å². The largest absolute Gasteiger partial charge is 0.385 e. The molecule has 0 spiro atoms. The number of ketones is 1. The second-order valence-electron chi connectivity index (χ2n) is 10.3. The Morgan fingerprint density at radius 2 is 1.97 bits per heavy atom. The van der Waals surface area contributed by atoms with Crippen molar-refractivity contribution in [2.45, 2.75) is 65.0 Å². The van der Waals surface area contributed by atoms with Crippen LogP contribution in [0.25, 0.3) is 0 Å². The molecule has 2 aliphatic heterocycles. The number of hydrogen-bond acceptors (Lipinski definition) is 6. The average molecular weight is 487 g/mol. The molecule has 3 atom stereocenters. The Bertz CT molecular complexity index is 851. The van der Waals surface area contributed by atoms with Gasteiger partial charge in [0.1, 0.15) is 12.6 Å². The third kappa shape index (κ3) is 8.32. The van der Waals surface area contributed by atoms with E-state index in [9.17, 15) is 14.4 Å². The highest BCUT2D eigenvalue weighted by molar-refractivity contribution is 5.99. The fourth-order valence-electron chi connectivity index (χ4n) is 4.90. The van der Waals surface area contributed by atoms with Gasteiger partial charge in [-0.15, -0.1) is 0 Å². The molecule has 0 bridgehead atoms. The van der Waals surface area contributed by atoms with Gasteiger partial charge in [0.2, 0.25) is 5.91 Å². The molecule has 1 aromatic rings. The maximum absolute atomic E-state index is 13.2. The van der Waals surface area contributed by atoms with Crippen LogP contribution in [0.5, 0.6) is 0 Å². The van der Waals surface area contributed by atoms with E-state index < -0.39 is 12.1 Å². The molecule has 35 heavy (non-hydrogen) atoms. The van der Waals surface area contributed by atoms with E-state index >= 15 is 0 Å². The van der Waals surface area contributed by atoms with Crippen LogP contribution >= 0.6 is 0 Å². The molecule has 2 amide bonds. The summed E-state index contributed by atoms with van der Waals surface area (Å²) in [7, 11) is 0. The van der Waals surface area contributed by atoms with Gasteiger partial charge in [-0.25, -0.2) is 0 Å². The van der Waals surface area contributed by atoms with Gasteiger partial charge in [0, 0.05) is 23.7 Å². The fourth-order valence-corrected chi connectivity index (χ4v) is 4.90. The number of piperidine rings is 1. The lowest BCUT2D eigenvalue weighted by Crippen LogP contribution is -2.57. The van der Waals surface area contributed by atoms with Crippen molar-refractivity contribution in [1.29, 1.82) is 0 Å². The molecule has 2 unspecified atom stereocenters. The Kier molecular flexibility index (Phi) is 10.5. The molecule has 0 aliphatic carbocycles. The normalized spacial score (nSPS) is 22.0. The van der Waals surface area contributed by atoms with Crippen LogP contribution in [0.3, 0.4) is 0 Å². The second-order valence-corrected chi connectivity index (χ2v) is 10.3. The number of ether oxygens (including phenoxy) is 1. The van der Waals surface area contributed by atoms with Gasteiger partial charge in [0.15, 0.2) is 5.78 Å². The highest BCUT2D eigenvalue weighted by atomic mass is 16.5. The molecule has 8 heteroatoms. The van der Waals surface area contributed by atoms with Gasteiger partial charge in [0.25, 0.3) is 5.91 Å². The van der Waals surface area contributed by atoms with Crippen molar-refractivity contribution >= 4 is 23.3 Å². The van der Waals surface area contributed by atoms with Crippen LogP contribution in [0.1, 0.15) is 63.2 Å². The zero-order chi connectivity index (χ0) is 25.2. The molecule has 2 heterocycles. The maximum atomic E-state index is 13.2. The Morgan fingerprint density at radius 3 is 2.69 bits per heavy atom. The number of carbonyl (C=O) groups is 3. The number of nitrogens with one attached hydrogen (secondary N) is 4. The molecule has 3 rings (SSSR count). The molecule has 4 N–H and O–H groups in total. The summed E-state index contributed by atoms with van der Waals surface area (Å²) in [5.41, 5.74) is 1.41. The van der Waals surface area contributed by atoms with Crippen LogP contribution in [-0.4, -0.2) is 62.5 Å². The summed E-state index contributed by atoms with van der Waals surface area (Å²) in [4.78, 5) is 38.8. The summed E-state index contributed by atoms with van der Waals surface area (Å²) in [5, 5.41) is 12.7. The minimum Gasteiger partial charge on any atom is -0.385 e.